The van der Waals surface area contributed by atoms with E-state index in [4.69, 9.17) is 0 Å². The summed E-state index contributed by atoms with van der Waals surface area (Å²) < 4.78 is 13.9. The first kappa shape index (κ1) is 20.6. The van der Waals surface area contributed by atoms with Crippen molar-refractivity contribution in [1.29, 1.82) is 0 Å². The molecule has 0 aliphatic heterocycles. The topological polar surface area (TPSA) is 49.4 Å². The molecule has 4 nitrogen and oxygen atoms in total. The van der Waals surface area contributed by atoms with Gasteiger partial charge in [0.05, 0.1) is 6.42 Å². The monoisotopic (exact) mass is 370 g/mol. The SMILES string of the molecule is CC(C)NC(=O)C(C)N(CCc1ccccc1)C(=O)Cc1ccccc1F. The van der Waals surface area contributed by atoms with Crippen molar-refractivity contribution in [2.45, 2.75) is 45.7 Å². The van der Waals surface area contributed by atoms with Gasteiger partial charge in [0.1, 0.15) is 11.9 Å². The fourth-order valence-corrected chi connectivity index (χ4v) is 2.88. The quantitative estimate of drug-likeness (QED) is 0.775. The van der Waals surface area contributed by atoms with Gasteiger partial charge >= 0.3 is 0 Å². The zero-order valence-electron chi connectivity index (χ0n) is 16.1. The van der Waals surface area contributed by atoms with Crippen molar-refractivity contribution in [3.05, 3.63) is 71.5 Å². The summed E-state index contributed by atoms with van der Waals surface area (Å²) in [5, 5.41) is 2.84. The first-order chi connectivity index (χ1) is 12.9. The van der Waals surface area contributed by atoms with Crippen LogP contribution < -0.4 is 5.32 Å². The van der Waals surface area contributed by atoms with E-state index in [0.717, 1.165) is 5.56 Å². The summed E-state index contributed by atoms with van der Waals surface area (Å²) in [7, 11) is 0. The van der Waals surface area contributed by atoms with Gasteiger partial charge in [-0.25, -0.2) is 4.39 Å². The summed E-state index contributed by atoms with van der Waals surface area (Å²) in [5.41, 5.74) is 1.42. The highest BCUT2D eigenvalue weighted by atomic mass is 19.1. The van der Waals surface area contributed by atoms with Crippen molar-refractivity contribution in [3.8, 4) is 0 Å². The molecule has 2 aromatic carbocycles. The normalized spacial score (nSPS) is 11.9. The molecule has 2 rings (SSSR count). The number of benzene rings is 2. The molecule has 0 radical (unpaired) electrons. The Kier molecular flexibility index (Phi) is 7.53. The van der Waals surface area contributed by atoms with Crippen LogP contribution in [-0.2, 0) is 22.4 Å². The Morgan fingerprint density at radius 1 is 1.00 bits per heavy atom. The highest BCUT2D eigenvalue weighted by Crippen LogP contribution is 2.12. The summed E-state index contributed by atoms with van der Waals surface area (Å²) >= 11 is 0. The summed E-state index contributed by atoms with van der Waals surface area (Å²) in [5.74, 6) is -0.879. The average molecular weight is 370 g/mol. The standard InChI is InChI=1S/C22H27FN2O2/c1-16(2)24-22(27)17(3)25(14-13-18-9-5-4-6-10-18)21(26)15-19-11-7-8-12-20(19)23/h4-12,16-17H,13-15H2,1-3H3,(H,24,27). The van der Waals surface area contributed by atoms with Crippen molar-refractivity contribution < 1.29 is 14.0 Å². The predicted octanol–water partition coefficient (Wildman–Crippen LogP) is 3.35. The molecule has 0 saturated carbocycles. The van der Waals surface area contributed by atoms with Crippen LogP contribution in [0.1, 0.15) is 31.9 Å². The first-order valence-corrected chi connectivity index (χ1v) is 9.25. The molecule has 0 aliphatic rings. The van der Waals surface area contributed by atoms with Gasteiger partial charge in [-0.3, -0.25) is 9.59 Å². The van der Waals surface area contributed by atoms with Gasteiger partial charge < -0.3 is 10.2 Å². The second-order valence-corrected chi connectivity index (χ2v) is 6.93. The zero-order chi connectivity index (χ0) is 19.8. The molecule has 5 heteroatoms. The molecule has 0 spiro atoms. The van der Waals surface area contributed by atoms with Crippen molar-refractivity contribution in [1.82, 2.24) is 10.2 Å². The predicted molar refractivity (Wildman–Crippen MR) is 105 cm³/mol. The van der Waals surface area contributed by atoms with Gasteiger partial charge in [-0.05, 0) is 44.4 Å². The number of carbonyl (C=O) groups is 2. The summed E-state index contributed by atoms with van der Waals surface area (Å²) in [4.78, 5) is 26.9. The number of amides is 2. The van der Waals surface area contributed by atoms with Gasteiger partial charge in [-0.1, -0.05) is 48.5 Å². The van der Waals surface area contributed by atoms with Crippen LogP contribution in [0.2, 0.25) is 0 Å². The van der Waals surface area contributed by atoms with Gasteiger partial charge in [0.25, 0.3) is 0 Å². The minimum absolute atomic E-state index is 0.0161. The number of halogens is 1. The number of hydrogen-bond donors (Lipinski definition) is 1. The van der Waals surface area contributed by atoms with Crippen LogP contribution in [0.3, 0.4) is 0 Å². The molecule has 1 unspecified atom stereocenters. The Morgan fingerprint density at radius 3 is 2.26 bits per heavy atom. The van der Waals surface area contributed by atoms with E-state index in [1.165, 1.54) is 11.0 Å². The lowest BCUT2D eigenvalue weighted by molar-refractivity contribution is -0.139. The van der Waals surface area contributed by atoms with Gasteiger partial charge in [0, 0.05) is 12.6 Å². The lowest BCUT2D eigenvalue weighted by Crippen LogP contribution is -2.50. The Balaban J connectivity index is 2.15. The third kappa shape index (κ3) is 6.20. The summed E-state index contributed by atoms with van der Waals surface area (Å²) in [6.07, 6.45) is 0.559. The molecule has 0 heterocycles. The highest BCUT2D eigenvalue weighted by Gasteiger charge is 2.26. The molecule has 0 aliphatic carbocycles. The van der Waals surface area contributed by atoms with Gasteiger partial charge in [-0.15, -0.1) is 0 Å². The number of nitrogens with one attached hydrogen (secondary N) is 1. The molecule has 1 atom stereocenters. The van der Waals surface area contributed by atoms with Crippen LogP contribution in [-0.4, -0.2) is 35.3 Å². The largest absolute Gasteiger partial charge is 0.352 e. The minimum Gasteiger partial charge on any atom is -0.352 e. The van der Waals surface area contributed by atoms with E-state index >= 15 is 0 Å². The van der Waals surface area contributed by atoms with Crippen LogP contribution in [0.15, 0.2) is 54.6 Å². The van der Waals surface area contributed by atoms with Crippen LogP contribution in [0.25, 0.3) is 0 Å². The fraction of sp³-hybridized carbons (Fsp3) is 0.364. The Morgan fingerprint density at radius 2 is 1.63 bits per heavy atom. The van der Waals surface area contributed by atoms with E-state index in [2.05, 4.69) is 5.32 Å². The maximum absolute atomic E-state index is 13.9. The third-order valence-electron chi connectivity index (χ3n) is 4.38. The first-order valence-electron chi connectivity index (χ1n) is 9.25. The maximum atomic E-state index is 13.9. The number of rotatable bonds is 8. The summed E-state index contributed by atoms with van der Waals surface area (Å²) in [6, 6.07) is 15.4. The smallest absolute Gasteiger partial charge is 0.242 e. The second kappa shape index (κ2) is 9.86. The van der Waals surface area contributed by atoms with E-state index in [1.807, 2.05) is 44.2 Å². The molecule has 0 aromatic heterocycles. The average Bonchev–Trinajstić information content (AvgIpc) is 2.64. The van der Waals surface area contributed by atoms with E-state index in [9.17, 15) is 14.0 Å². The van der Waals surface area contributed by atoms with Crippen LogP contribution in [0.4, 0.5) is 4.39 Å². The minimum atomic E-state index is -0.629. The van der Waals surface area contributed by atoms with Gasteiger partial charge in [0.15, 0.2) is 0 Å². The van der Waals surface area contributed by atoms with Crippen LogP contribution >= 0.6 is 0 Å². The third-order valence-corrected chi connectivity index (χ3v) is 4.38. The van der Waals surface area contributed by atoms with E-state index in [1.54, 1.807) is 25.1 Å². The maximum Gasteiger partial charge on any atom is 0.242 e. The fourth-order valence-electron chi connectivity index (χ4n) is 2.88. The van der Waals surface area contributed by atoms with Crippen molar-refractivity contribution in [3.63, 3.8) is 0 Å². The molecule has 1 N–H and O–H groups in total. The molecular weight excluding hydrogens is 343 g/mol. The van der Waals surface area contributed by atoms with E-state index < -0.39 is 11.9 Å². The molecule has 144 valence electrons. The lowest BCUT2D eigenvalue weighted by Gasteiger charge is -2.29. The highest BCUT2D eigenvalue weighted by molar-refractivity contribution is 5.88. The Hall–Kier alpha value is -2.69. The Labute approximate surface area is 160 Å². The van der Waals surface area contributed by atoms with Gasteiger partial charge in [-0.2, -0.15) is 0 Å². The summed E-state index contributed by atoms with van der Waals surface area (Å²) in [6.45, 7) is 5.85. The zero-order valence-corrected chi connectivity index (χ0v) is 16.1. The van der Waals surface area contributed by atoms with Crippen LogP contribution in [0, 0.1) is 5.82 Å². The molecule has 0 fully saturated rings. The second-order valence-electron chi connectivity index (χ2n) is 6.93. The van der Waals surface area contributed by atoms with Gasteiger partial charge in [0.2, 0.25) is 11.8 Å². The van der Waals surface area contributed by atoms with E-state index in [0.29, 0.717) is 18.5 Å². The van der Waals surface area contributed by atoms with Crippen molar-refractivity contribution in [2.75, 3.05) is 6.54 Å². The number of carbonyl (C=O) groups excluding carboxylic acids is 2. The molecule has 27 heavy (non-hydrogen) atoms. The van der Waals surface area contributed by atoms with Crippen molar-refractivity contribution >= 4 is 11.8 Å². The molecule has 0 bridgehead atoms. The molecule has 2 aromatic rings. The van der Waals surface area contributed by atoms with Crippen molar-refractivity contribution in [2.24, 2.45) is 0 Å². The lowest BCUT2D eigenvalue weighted by atomic mass is 10.1. The van der Waals surface area contributed by atoms with E-state index in [-0.39, 0.29) is 24.3 Å². The Bertz CT molecular complexity index is 762. The molecular formula is C22H27FN2O2. The van der Waals surface area contributed by atoms with Crippen LogP contribution in [0.5, 0.6) is 0 Å². The molecule has 0 saturated heterocycles. The number of nitrogens with zero attached hydrogens (tertiary/aromatic N) is 1. The molecule has 2 amide bonds. The number of hydrogen-bond acceptors (Lipinski definition) is 2.